The zero-order chi connectivity index (χ0) is 22.2. The Hall–Kier alpha value is -3.36. The molecule has 0 atom stereocenters. The SMILES string of the molecule is CCc1ccc(-c2csc3ncn(CC(=O)Nc4ccc5nc(C)sc5c4)c(=O)c23)cc1. The maximum absolute atomic E-state index is 13.2. The molecule has 0 spiro atoms. The maximum atomic E-state index is 13.2. The Morgan fingerprint density at radius 2 is 1.97 bits per heavy atom. The Labute approximate surface area is 192 Å². The van der Waals surface area contributed by atoms with Gasteiger partial charge in [0.25, 0.3) is 5.56 Å². The van der Waals surface area contributed by atoms with E-state index in [2.05, 4.69) is 34.3 Å². The lowest BCUT2D eigenvalue weighted by Gasteiger charge is -2.08. The van der Waals surface area contributed by atoms with E-state index >= 15 is 0 Å². The molecule has 0 saturated heterocycles. The average Bonchev–Trinajstić information content (AvgIpc) is 3.38. The van der Waals surface area contributed by atoms with Gasteiger partial charge in [-0.1, -0.05) is 31.2 Å². The van der Waals surface area contributed by atoms with Gasteiger partial charge in [0, 0.05) is 16.6 Å². The summed E-state index contributed by atoms with van der Waals surface area (Å²) in [4.78, 5) is 35.4. The normalized spacial score (nSPS) is 11.3. The van der Waals surface area contributed by atoms with Crippen LogP contribution in [0.4, 0.5) is 5.69 Å². The van der Waals surface area contributed by atoms with Crippen LogP contribution in [0.25, 0.3) is 31.6 Å². The Morgan fingerprint density at radius 3 is 2.75 bits per heavy atom. The molecule has 0 radical (unpaired) electrons. The van der Waals surface area contributed by atoms with Gasteiger partial charge in [-0.15, -0.1) is 22.7 Å². The van der Waals surface area contributed by atoms with E-state index in [1.54, 1.807) is 11.3 Å². The molecule has 5 aromatic rings. The molecule has 1 N–H and O–H groups in total. The number of carbonyl (C=O) groups excluding carboxylic acids is 1. The van der Waals surface area contributed by atoms with E-state index in [-0.39, 0.29) is 18.0 Å². The van der Waals surface area contributed by atoms with Crippen LogP contribution in [0.1, 0.15) is 17.5 Å². The highest BCUT2D eigenvalue weighted by atomic mass is 32.1. The number of fused-ring (bicyclic) bond motifs is 2. The molecule has 160 valence electrons. The van der Waals surface area contributed by atoms with Crippen LogP contribution in [0.2, 0.25) is 0 Å². The van der Waals surface area contributed by atoms with Crippen molar-refractivity contribution in [3.05, 3.63) is 75.1 Å². The van der Waals surface area contributed by atoms with Crippen molar-refractivity contribution in [3.8, 4) is 11.1 Å². The number of hydrogen-bond donors (Lipinski definition) is 1. The molecule has 0 bridgehead atoms. The van der Waals surface area contributed by atoms with Crippen molar-refractivity contribution in [2.45, 2.75) is 26.8 Å². The Kier molecular flexibility index (Phi) is 5.32. The van der Waals surface area contributed by atoms with E-state index in [0.29, 0.717) is 15.9 Å². The second-order valence-electron chi connectivity index (χ2n) is 7.52. The highest BCUT2D eigenvalue weighted by Crippen LogP contribution is 2.31. The van der Waals surface area contributed by atoms with Crippen molar-refractivity contribution in [1.82, 2.24) is 14.5 Å². The zero-order valence-electron chi connectivity index (χ0n) is 17.6. The van der Waals surface area contributed by atoms with E-state index in [0.717, 1.165) is 32.8 Å². The van der Waals surface area contributed by atoms with Crippen LogP contribution in [0.15, 0.2) is 59.0 Å². The molecule has 0 unspecified atom stereocenters. The van der Waals surface area contributed by atoms with Crippen molar-refractivity contribution >= 4 is 54.7 Å². The molecule has 8 heteroatoms. The molecule has 32 heavy (non-hydrogen) atoms. The first kappa shape index (κ1) is 20.5. The first-order chi connectivity index (χ1) is 15.5. The lowest BCUT2D eigenvalue weighted by atomic mass is 10.0. The molecule has 0 aliphatic carbocycles. The number of thiazole rings is 1. The van der Waals surface area contributed by atoms with Gasteiger partial charge in [0.2, 0.25) is 5.91 Å². The topological polar surface area (TPSA) is 76.9 Å². The molecule has 2 aromatic carbocycles. The van der Waals surface area contributed by atoms with Crippen LogP contribution in [0, 0.1) is 6.92 Å². The largest absolute Gasteiger partial charge is 0.324 e. The van der Waals surface area contributed by atoms with Gasteiger partial charge < -0.3 is 5.32 Å². The zero-order valence-corrected chi connectivity index (χ0v) is 19.2. The fraction of sp³-hybridized carbons (Fsp3) is 0.167. The van der Waals surface area contributed by atoms with Crippen molar-refractivity contribution < 1.29 is 4.79 Å². The number of rotatable bonds is 5. The third kappa shape index (κ3) is 3.83. The van der Waals surface area contributed by atoms with E-state index in [1.165, 1.54) is 27.8 Å². The molecule has 3 aromatic heterocycles. The van der Waals surface area contributed by atoms with Gasteiger partial charge >= 0.3 is 0 Å². The molecule has 6 nitrogen and oxygen atoms in total. The summed E-state index contributed by atoms with van der Waals surface area (Å²) in [6.07, 6.45) is 2.41. The number of hydrogen-bond acceptors (Lipinski definition) is 6. The number of benzene rings is 2. The number of thiophene rings is 1. The summed E-state index contributed by atoms with van der Waals surface area (Å²) >= 11 is 3.01. The molecule has 1 amide bonds. The van der Waals surface area contributed by atoms with Crippen molar-refractivity contribution in [1.29, 1.82) is 0 Å². The molecule has 0 aliphatic heterocycles. The van der Waals surface area contributed by atoms with Crippen LogP contribution in [-0.2, 0) is 17.8 Å². The summed E-state index contributed by atoms with van der Waals surface area (Å²) in [5.41, 5.74) is 4.45. The molecule has 5 rings (SSSR count). The smallest absolute Gasteiger partial charge is 0.263 e. The summed E-state index contributed by atoms with van der Waals surface area (Å²) in [7, 11) is 0. The second kappa shape index (κ2) is 8.29. The van der Waals surface area contributed by atoms with Crippen LogP contribution in [0.3, 0.4) is 0 Å². The number of aromatic nitrogens is 3. The van der Waals surface area contributed by atoms with Crippen molar-refractivity contribution in [3.63, 3.8) is 0 Å². The maximum Gasteiger partial charge on any atom is 0.263 e. The van der Waals surface area contributed by atoms with Gasteiger partial charge in [0.05, 0.1) is 26.9 Å². The summed E-state index contributed by atoms with van der Waals surface area (Å²) in [6, 6.07) is 13.8. The number of anilines is 1. The third-order valence-corrected chi connectivity index (χ3v) is 7.15. The Balaban J connectivity index is 1.42. The predicted molar refractivity (Wildman–Crippen MR) is 132 cm³/mol. The summed E-state index contributed by atoms with van der Waals surface area (Å²) in [5.74, 6) is -0.280. The minimum atomic E-state index is -0.280. The number of aryl methyl sites for hydroxylation is 2. The van der Waals surface area contributed by atoms with E-state index in [9.17, 15) is 9.59 Å². The highest BCUT2D eigenvalue weighted by Gasteiger charge is 2.15. The van der Waals surface area contributed by atoms with Gasteiger partial charge in [-0.25, -0.2) is 9.97 Å². The molecule has 0 aliphatic rings. The number of amides is 1. The van der Waals surface area contributed by atoms with Crippen LogP contribution < -0.4 is 10.9 Å². The van der Waals surface area contributed by atoms with E-state index in [1.807, 2.05) is 42.6 Å². The monoisotopic (exact) mass is 460 g/mol. The Bertz CT molecular complexity index is 1510. The van der Waals surface area contributed by atoms with E-state index < -0.39 is 0 Å². The summed E-state index contributed by atoms with van der Waals surface area (Å²) < 4.78 is 2.38. The van der Waals surface area contributed by atoms with Crippen LogP contribution >= 0.6 is 22.7 Å². The van der Waals surface area contributed by atoms with Crippen molar-refractivity contribution in [2.24, 2.45) is 0 Å². The first-order valence-corrected chi connectivity index (χ1v) is 11.9. The fourth-order valence-electron chi connectivity index (χ4n) is 3.69. The lowest BCUT2D eigenvalue weighted by molar-refractivity contribution is -0.116. The lowest BCUT2D eigenvalue weighted by Crippen LogP contribution is -2.27. The summed E-state index contributed by atoms with van der Waals surface area (Å²) in [6.45, 7) is 3.96. The fourth-order valence-corrected chi connectivity index (χ4v) is 5.46. The molecular weight excluding hydrogens is 440 g/mol. The first-order valence-electron chi connectivity index (χ1n) is 10.2. The minimum absolute atomic E-state index is 0.106. The molecule has 3 heterocycles. The molecular formula is C24H20N4O2S2. The third-order valence-electron chi connectivity index (χ3n) is 5.33. The Morgan fingerprint density at radius 1 is 1.16 bits per heavy atom. The second-order valence-corrected chi connectivity index (χ2v) is 9.61. The molecule has 0 saturated carbocycles. The highest BCUT2D eigenvalue weighted by molar-refractivity contribution is 7.18. The average molecular weight is 461 g/mol. The standard InChI is InChI=1S/C24H20N4O2S2/c1-3-15-4-6-16(7-5-15)18-12-31-23-22(18)24(30)28(13-25-23)11-21(29)27-17-8-9-19-20(10-17)32-14(2)26-19/h4-10,12-13H,3,11H2,1-2H3,(H,27,29). The van der Waals surface area contributed by atoms with Gasteiger partial charge in [-0.2, -0.15) is 0 Å². The minimum Gasteiger partial charge on any atom is -0.324 e. The van der Waals surface area contributed by atoms with Gasteiger partial charge in [0.15, 0.2) is 0 Å². The number of carbonyl (C=O) groups is 1. The quantitative estimate of drug-likeness (QED) is 0.389. The van der Waals surface area contributed by atoms with Crippen LogP contribution in [-0.4, -0.2) is 20.4 Å². The van der Waals surface area contributed by atoms with Crippen molar-refractivity contribution in [2.75, 3.05) is 5.32 Å². The molecule has 0 fully saturated rings. The summed E-state index contributed by atoms with van der Waals surface area (Å²) in [5, 5.41) is 6.36. The number of nitrogens with one attached hydrogen (secondary N) is 1. The van der Waals surface area contributed by atoms with Gasteiger partial charge in [-0.3, -0.25) is 14.2 Å². The predicted octanol–water partition coefficient (Wildman–Crippen LogP) is 5.24. The van der Waals surface area contributed by atoms with E-state index in [4.69, 9.17) is 0 Å². The van der Waals surface area contributed by atoms with Gasteiger partial charge in [-0.05, 0) is 42.7 Å². The van der Waals surface area contributed by atoms with Gasteiger partial charge in [0.1, 0.15) is 11.4 Å². The number of nitrogens with zero attached hydrogens (tertiary/aromatic N) is 3. The van der Waals surface area contributed by atoms with Crippen LogP contribution in [0.5, 0.6) is 0 Å².